The summed E-state index contributed by atoms with van der Waals surface area (Å²) in [7, 11) is 0. The lowest BCUT2D eigenvalue weighted by atomic mass is 9.89. The maximum Gasteiger partial charge on any atom is 0.0541 e. The summed E-state index contributed by atoms with van der Waals surface area (Å²) >= 11 is 0. The van der Waals surface area contributed by atoms with Crippen molar-refractivity contribution in [2.24, 2.45) is 0 Å². The van der Waals surface area contributed by atoms with Crippen molar-refractivity contribution in [3.05, 3.63) is 424 Å². The Bertz CT molecular complexity index is 7070. The van der Waals surface area contributed by atoms with Gasteiger partial charge in [-0.2, -0.15) is 0 Å². The molecule has 0 amide bonds. The molecule has 1 atom stereocenters. The van der Waals surface area contributed by atoms with Crippen LogP contribution >= 0.6 is 0 Å². The molecule has 4 nitrogen and oxygen atoms in total. The van der Waals surface area contributed by atoms with Crippen molar-refractivity contribution in [1.29, 1.82) is 0 Å². The van der Waals surface area contributed by atoms with Crippen LogP contribution in [-0.2, 0) is 0 Å². The molecule has 0 N–H and O–H groups in total. The van der Waals surface area contributed by atoms with Crippen molar-refractivity contribution >= 4 is 92.9 Å². The minimum atomic E-state index is 0.100. The molecule has 0 spiro atoms. The normalized spacial score (nSPS) is 13.1. The van der Waals surface area contributed by atoms with Crippen molar-refractivity contribution < 1.29 is 0 Å². The summed E-state index contributed by atoms with van der Waals surface area (Å²) in [6.07, 6.45) is 7.87. The zero-order valence-corrected chi connectivity index (χ0v) is 61.4. The standard InChI is InChI=1S/C108H72N4/c1-7-23-71(24-8-1)81-43-51-101-93(63-81)94-64-82(72-25-9-2-10-26-72)44-52-102(94)109(101)89-39-19-35-77(59-89)78-36-20-40-90(60-78)110-107-57-49-87(79-37-21-41-91(61-79)111-103-53-45-83(73-27-11-3-12-28-73)65-95(103)96-66-84(46-54-104(96)111)74-29-13-4-14-30-74)69-99(107)100-70-88(50-58-108(100)110)80-38-22-42-92(62-80)112-105-55-47-85(75-31-15-5-16-32-75)67-97(105)98-68-86(48-56-106(98)112)76-33-17-6-18-34-76/h1-61,63-70,80H,62H2. The number of aromatic nitrogens is 4. The van der Waals surface area contributed by atoms with Crippen molar-refractivity contribution in [2.45, 2.75) is 12.3 Å². The van der Waals surface area contributed by atoms with E-state index in [0.717, 1.165) is 56.8 Å². The molecule has 0 radical (unpaired) electrons. The molecule has 21 aromatic rings. The minimum Gasteiger partial charge on any atom is -0.313 e. The van der Waals surface area contributed by atoms with Crippen molar-refractivity contribution in [3.63, 3.8) is 0 Å². The Morgan fingerprint density at radius 3 is 0.679 bits per heavy atom. The quantitative estimate of drug-likeness (QED) is 0.110. The Labute approximate surface area is 649 Å². The van der Waals surface area contributed by atoms with E-state index >= 15 is 0 Å². The predicted octanol–water partition coefficient (Wildman–Crippen LogP) is 29.0. The largest absolute Gasteiger partial charge is 0.313 e. The van der Waals surface area contributed by atoms with Crippen LogP contribution in [0, 0.1) is 0 Å². The monoisotopic (exact) mass is 1420 g/mol. The van der Waals surface area contributed by atoms with Gasteiger partial charge in [-0.1, -0.05) is 279 Å². The van der Waals surface area contributed by atoms with Gasteiger partial charge in [0.1, 0.15) is 0 Å². The van der Waals surface area contributed by atoms with Gasteiger partial charge in [0, 0.05) is 71.8 Å². The van der Waals surface area contributed by atoms with Gasteiger partial charge in [-0.3, -0.25) is 0 Å². The first kappa shape index (κ1) is 64.6. The fourth-order valence-electron chi connectivity index (χ4n) is 18.1. The average Bonchev–Trinajstić information content (AvgIpc) is 1.62. The first-order chi connectivity index (χ1) is 55.5. The van der Waals surface area contributed by atoms with Gasteiger partial charge in [0.2, 0.25) is 0 Å². The summed E-state index contributed by atoms with van der Waals surface area (Å²) < 4.78 is 9.96. The van der Waals surface area contributed by atoms with Gasteiger partial charge < -0.3 is 18.3 Å². The SMILES string of the molecule is C1=CC(c2ccc3c(c2)c2cc(-c4cccc(-n5c6ccc(-c7ccccc7)cc6c6cc(-c7ccccc7)ccc65)c4)ccc2n3-c2cccc(-c3cccc(-n4c5ccc(-c6ccccc6)cc5c5cc(-c6ccccc6)ccc54)c3)c2)CC(n2c3ccc(-c4ccccc4)cc3c3cc(-c4ccccc4)ccc32)=C1. The summed E-state index contributed by atoms with van der Waals surface area (Å²) in [4.78, 5) is 0. The maximum atomic E-state index is 2.54. The van der Waals surface area contributed by atoms with Crippen LogP contribution in [0.3, 0.4) is 0 Å². The van der Waals surface area contributed by atoms with E-state index in [1.807, 2.05) is 0 Å². The minimum absolute atomic E-state index is 0.100. The molecule has 0 bridgehead atoms. The van der Waals surface area contributed by atoms with Crippen LogP contribution in [0.2, 0.25) is 0 Å². The Morgan fingerprint density at radius 1 is 0.179 bits per heavy atom. The second kappa shape index (κ2) is 26.7. The summed E-state index contributed by atoms with van der Waals surface area (Å²) in [6.45, 7) is 0. The molecule has 0 fully saturated rings. The van der Waals surface area contributed by atoms with Crippen LogP contribution in [0.25, 0.3) is 199 Å². The molecule has 22 rings (SSSR count). The van der Waals surface area contributed by atoms with Gasteiger partial charge in [0.25, 0.3) is 0 Å². The van der Waals surface area contributed by atoms with Crippen LogP contribution in [-0.4, -0.2) is 18.3 Å². The molecule has 4 heterocycles. The molecule has 0 saturated heterocycles. The van der Waals surface area contributed by atoms with E-state index < -0.39 is 0 Å². The number of hydrogen-bond donors (Lipinski definition) is 0. The lowest BCUT2D eigenvalue weighted by Crippen LogP contribution is -2.06. The maximum absolute atomic E-state index is 2.54. The van der Waals surface area contributed by atoms with Crippen molar-refractivity contribution in [1.82, 2.24) is 18.3 Å². The van der Waals surface area contributed by atoms with Crippen LogP contribution in [0.4, 0.5) is 0 Å². The first-order valence-corrected chi connectivity index (χ1v) is 38.9. The number of hydrogen-bond acceptors (Lipinski definition) is 0. The molecule has 0 saturated carbocycles. The Kier molecular flexibility index (Phi) is 15.4. The second-order valence-corrected chi connectivity index (χ2v) is 29.9. The number of rotatable bonds is 13. The molecule has 0 aliphatic heterocycles. The predicted molar refractivity (Wildman–Crippen MR) is 473 cm³/mol. The van der Waals surface area contributed by atoms with E-state index in [4.69, 9.17) is 0 Å². The van der Waals surface area contributed by atoms with Crippen molar-refractivity contribution in [2.75, 3.05) is 0 Å². The van der Waals surface area contributed by atoms with Gasteiger partial charge in [-0.25, -0.2) is 0 Å². The highest BCUT2D eigenvalue weighted by Gasteiger charge is 2.25. The topological polar surface area (TPSA) is 19.7 Å². The molecular formula is C108H72N4. The molecule has 17 aromatic carbocycles. The second-order valence-electron chi connectivity index (χ2n) is 29.9. The average molecular weight is 1430 g/mol. The third-order valence-electron chi connectivity index (χ3n) is 23.5. The van der Waals surface area contributed by atoms with Gasteiger partial charge in [0.15, 0.2) is 0 Å². The number of nitrogens with zero attached hydrogens (tertiary/aromatic N) is 4. The van der Waals surface area contributed by atoms with E-state index in [1.165, 1.54) is 154 Å². The van der Waals surface area contributed by atoms with E-state index in [1.54, 1.807) is 0 Å². The summed E-state index contributed by atoms with van der Waals surface area (Å²) in [5.74, 6) is 0.100. The van der Waals surface area contributed by atoms with Gasteiger partial charge in [0.05, 0.1) is 44.1 Å². The molecule has 1 aliphatic rings. The number of fused-ring (bicyclic) bond motifs is 12. The highest BCUT2D eigenvalue weighted by Crippen LogP contribution is 2.46. The van der Waals surface area contributed by atoms with Crippen LogP contribution < -0.4 is 0 Å². The lowest BCUT2D eigenvalue weighted by molar-refractivity contribution is 0.838. The van der Waals surface area contributed by atoms with Crippen LogP contribution in [0.15, 0.2) is 419 Å². The van der Waals surface area contributed by atoms with Gasteiger partial charge >= 0.3 is 0 Å². The zero-order chi connectivity index (χ0) is 73.7. The van der Waals surface area contributed by atoms with Crippen molar-refractivity contribution in [3.8, 4) is 106 Å². The molecule has 4 aromatic heterocycles. The Hall–Kier alpha value is -14.6. The van der Waals surface area contributed by atoms with Gasteiger partial charge in [-0.05, 0) is 241 Å². The highest BCUT2D eigenvalue weighted by atomic mass is 15.0. The molecule has 112 heavy (non-hydrogen) atoms. The number of benzene rings is 17. The lowest BCUT2D eigenvalue weighted by Gasteiger charge is -2.22. The molecule has 1 unspecified atom stereocenters. The first-order valence-electron chi connectivity index (χ1n) is 38.9. The number of allylic oxidation sites excluding steroid dienone is 4. The van der Waals surface area contributed by atoms with Crippen LogP contribution in [0.5, 0.6) is 0 Å². The fraction of sp³-hybridized carbons (Fsp3) is 0.0185. The fourth-order valence-corrected chi connectivity index (χ4v) is 18.1. The third-order valence-corrected chi connectivity index (χ3v) is 23.5. The molecular weight excluding hydrogens is 1350 g/mol. The van der Waals surface area contributed by atoms with E-state index in [0.29, 0.717) is 0 Å². The summed E-state index contributed by atoms with van der Waals surface area (Å²) in [5.41, 5.74) is 34.3. The van der Waals surface area contributed by atoms with Crippen LogP contribution in [0.1, 0.15) is 17.9 Å². The summed E-state index contributed by atoms with van der Waals surface area (Å²) in [6, 6.07) is 148. The van der Waals surface area contributed by atoms with E-state index in [2.05, 4.69) is 437 Å². The van der Waals surface area contributed by atoms with Gasteiger partial charge in [-0.15, -0.1) is 0 Å². The zero-order valence-electron chi connectivity index (χ0n) is 61.4. The van der Waals surface area contributed by atoms with E-state index in [-0.39, 0.29) is 5.92 Å². The Balaban J connectivity index is 0.679. The Morgan fingerprint density at radius 2 is 0.402 bits per heavy atom. The molecule has 1 aliphatic carbocycles. The van der Waals surface area contributed by atoms with E-state index in [9.17, 15) is 0 Å². The third kappa shape index (κ3) is 11.1. The molecule has 4 heteroatoms. The highest BCUT2D eigenvalue weighted by molar-refractivity contribution is 6.16. The summed E-state index contributed by atoms with van der Waals surface area (Å²) in [5, 5.41) is 9.80. The molecule has 524 valence electrons. The smallest absolute Gasteiger partial charge is 0.0541 e.